The van der Waals surface area contributed by atoms with E-state index in [0.717, 1.165) is 13.0 Å². The molecular weight excluding hydrogens is 256 g/mol. The summed E-state index contributed by atoms with van der Waals surface area (Å²) >= 11 is 0. The van der Waals surface area contributed by atoms with Crippen molar-refractivity contribution >= 4 is 5.69 Å². The van der Waals surface area contributed by atoms with Crippen LogP contribution in [0, 0.1) is 6.92 Å². The molecule has 2 aromatic rings. The molecule has 2 aromatic carbocycles. The summed E-state index contributed by atoms with van der Waals surface area (Å²) in [6.07, 6.45) is 1.07. The molecule has 0 aliphatic carbocycles. The van der Waals surface area contributed by atoms with Crippen molar-refractivity contribution in [1.82, 2.24) is 5.32 Å². The number of hydrogen-bond donors (Lipinski definition) is 1. The van der Waals surface area contributed by atoms with Gasteiger partial charge in [0.15, 0.2) is 0 Å². The second-order valence-corrected chi connectivity index (χ2v) is 5.90. The molecule has 0 saturated heterocycles. The third-order valence-corrected chi connectivity index (χ3v) is 3.86. The second kappa shape index (κ2) is 7.28. The Balaban J connectivity index is 1.85. The predicted molar refractivity (Wildman–Crippen MR) is 92.1 cm³/mol. The van der Waals surface area contributed by atoms with Gasteiger partial charge in [0.25, 0.3) is 0 Å². The van der Waals surface area contributed by atoms with Gasteiger partial charge in [0.1, 0.15) is 0 Å². The lowest BCUT2D eigenvalue weighted by Crippen LogP contribution is -2.21. The summed E-state index contributed by atoms with van der Waals surface area (Å²) in [6, 6.07) is 17.9. The molecule has 0 aliphatic heterocycles. The highest BCUT2D eigenvalue weighted by Crippen LogP contribution is 2.17. The molecule has 0 spiro atoms. The van der Waals surface area contributed by atoms with Gasteiger partial charge in [-0.05, 0) is 50.1 Å². The lowest BCUT2D eigenvalue weighted by molar-refractivity contribution is 0.577. The standard InChI is InChI=1S/C19H26N2/c1-15-6-5-7-17(14-15)12-13-20-16(2)18-8-10-19(11-9-18)21(3)4/h5-11,14,16,20H,12-13H2,1-4H3. The maximum Gasteiger partial charge on any atom is 0.0361 e. The van der Waals surface area contributed by atoms with Gasteiger partial charge in [-0.25, -0.2) is 0 Å². The smallest absolute Gasteiger partial charge is 0.0361 e. The van der Waals surface area contributed by atoms with Gasteiger partial charge in [0.05, 0.1) is 0 Å². The first kappa shape index (κ1) is 15.6. The van der Waals surface area contributed by atoms with Crippen molar-refractivity contribution in [2.45, 2.75) is 26.3 Å². The van der Waals surface area contributed by atoms with Gasteiger partial charge in [-0.3, -0.25) is 0 Å². The van der Waals surface area contributed by atoms with Crippen LogP contribution in [-0.4, -0.2) is 20.6 Å². The molecule has 0 radical (unpaired) electrons. The molecular formula is C19H26N2. The Hall–Kier alpha value is -1.80. The third-order valence-electron chi connectivity index (χ3n) is 3.86. The monoisotopic (exact) mass is 282 g/mol. The molecule has 2 rings (SSSR count). The Labute approximate surface area is 128 Å². The predicted octanol–water partition coefficient (Wildman–Crippen LogP) is 3.95. The van der Waals surface area contributed by atoms with Gasteiger partial charge in [0, 0.05) is 25.8 Å². The highest BCUT2D eigenvalue weighted by atomic mass is 15.1. The van der Waals surface area contributed by atoms with Gasteiger partial charge in [-0.15, -0.1) is 0 Å². The second-order valence-electron chi connectivity index (χ2n) is 5.90. The zero-order valence-corrected chi connectivity index (χ0v) is 13.6. The maximum atomic E-state index is 3.60. The highest BCUT2D eigenvalue weighted by molar-refractivity contribution is 5.46. The molecule has 0 fully saturated rings. The molecule has 0 aromatic heterocycles. The van der Waals surface area contributed by atoms with Crippen LogP contribution in [0.1, 0.15) is 29.7 Å². The van der Waals surface area contributed by atoms with E-state index in [4.69, 9.17) is 0 Å². The van der Waals surface area contributed by atoms with Crippen LogP contribution in [0.3, 0.4) is 0 Å². The van der Waals surface area contributed by atoms with Crippen molar-refractivity contribution in [2.75, 3.05) is 25.5 Å². The number of anilines is 1. The van der Waals surface area contributed by atoms with Crippen LogP contribution in [0.2, 0.25) is 0 Å². The van der Waals surface area contributed by atoms with Gasteiger partial charge in [-0.1, -0.05) is 42.0 Å². The minimum atomic E-state index is 0.381. The van der Waals surface area contributed by atoms with Crippen LogP contribution in [0.25, 0.3) is 0 Å². The number of nitrogens with zero attached hydrogens (tertiary/aromatic N) is 1. The molecule has 0 bridgehead atoms. The van der Waals surface area contributed by atoms with Crippen LogP contribution in [0.15, 0.2) is 48.5 Å². The molecule has 0 saturated carbocycles. The van der Waals surface area contributed by atoms with Crippen LogP contribution < -0.4 is 10.2 Å². The molecule has 0 amide bonds. The van der Waals surface area contributed by atoms with E-state index in [2.05, 4.69) is 86.7 Å². The summed E-state index contributed by atoms with van der Waals surface area (Å²) in [5.74, 6) is 0. The van der Waals surface area contributed by atoms with E-state index in [9.17, 15) is 0 Å². The van der Waals surface area contributed by atoms with Crippen molar-refractivity contribution in [2.24, 2.45) is 0 Å². The fourth-order valence-corrected chi connectivity index (χ4v) is 2.48. The van der Waals surface area contributed by atoms with Gasteiger partial charge >= 0.3 is 0 Å². The summed E-state index contributed by atoms with van der Waals surface area (Å²) in [5.41, 5.74) is 5.31. The summed E-state index contributed by atoms with van der Waals surface area (Å²) < 4.78 is 0. The van der Waals surface area contributed by atoms with Crippen molar-refractivity contribution in [3.05, 3.63) is 65.2 Å². The Bertz CT molecular complexity index is 558. The lowest BCUT2D eigenvalue weighted by Gasteiger charge is -2.17. The van der Waals surface area contributed by atoms with E-state index < -0.39 is 0 Å². The summed E-state index contributed by atoms with van der Waals surface area (Å²) in [6.45, 7) is 5.37. The Morgan fingerprint density at radius 1 is 1.05 bits per heavy atom. The number of nitrogens with one attached hydrogen (secondary N) is 1. The summed E-state index contributed by atoms with van der Waals surface area (Å²) in [7, 11) is 4.14. The minimum Gasteiger partial charge on any atom is -0.378 e. The first-order valence-corrected chi connectivity index (χ1v) is 7.62. The van der Waals surface area contributed by atoms with Crippen molar-refractivity contribution < 1.29 is 0 Å². The first-order chi connectivity index (χ1) is 10.1. The van der Waals surface area contributed by atoms with E-state index in [1.165, 1.54) is 22.4 Å². The molecule has 0 heterocycles. The Morgan fingerprint density at radius 2 is 1.76 bits per heavy atom. The minimum absolute atomic E-state index is 0.381. The maximum absolute atomic E-state index is 3.60. The molecule has 1 N–H and O–H groups in total. The molecule has 112 valence electrons. The highest BCUT2D eigenvalue weighted by Gasteiger charge is 2.05. The van der Waals surface area contributed by atoms with Gasteiger partial charge in [-0.2, -0.15) is 0 Å². The Kier molecular flexibility index (Phi) is 5.40. The first-order valence-electron chi connectivity index (χ1n) is 7.62. The van der Waals surface area contributed by atoms with Gasteiger partial charge < -0.3 is 10.2 Å². The van der Waals surface area contributed by atoms with Crippen LogP contribution in [0.5, 0.6) is 0 Å². The number of benzene rings is 2. The average molecular weight is 282 g/mol. The largest absolute Gasteiger partial charge is 0.378 e. The van der Waals surface area contributed by atoms with E-state index in [-0.39, 0.29) is 0 Å². The van der Waals surface area contributed by atoms with E-state index in [0.29, 0.717) is 6.04 Å². The molecule has 0 aliphatic rings. The molecule has 2 nitrogen and oxygen atoms in total. The topological polar surface area (TPSA) is 15.3 Å². The van der Waals surface area contributed by atoms with Crippen molar-refractivity contribution in [1.29, 1.82) is 0 Å². The number of hydrogen-bond acceptors (Lipinski definition) is 2. The number of aryl methyl sites for hydroxylation is 1. The Morgan fingerprint density at radius 3 is 2.38 bits per heavy atom. The van der Waals surface area contributed by atoms with Crippen molar-refractivity contribution in [3.63, 3.8) is 0 Å². The third kappa shape index (κ3) is 4.61. The van der Waals surface area contributed by atoms with E-state index >= 15 is 0 Å². The van der Waals surface area contributed by atoms with Gasteiger partial charge in [0.2, 0.25) is 0 Å². The number of rotatable bonds is 6. The normalized spacial score (nSPS) is 12.2. The van der Waals surface area contributed by atoms with Crippen LogP contribution >= 0.6 is 0 Å². The van der Waals surface area contributed by atoms with Crippen LogP contribution in [0.4, 0.5) is 5.69 Å². The lowest BCUT2D eigenvalue weighted by atomic mass is 10.1. The molecule has 1 atom stereocenters. The quantitative estimate of drug-likeness (QED) is 0.863. The van der Waals surface area contributed by atoms with E-state index in [1.807, 2.05) is 0 Å². The summed E-state index contributed by atoms with van der Waals surface area (Å²) in [5, 5.41) is 3.60. The molecule has 21 heavy (non-hydrogen) atoms. The van der Waals surface area contributed by atoms with Crippen molar-refractivity contribution in [3.8, 4) is 0 Å². The fourth-order valence-electron chi connectivity index (χ4n) is 2.48. The zero-order valence-electron chi connectivity index (χ0n) is 13.6. The zero-order chi connectivity index (χ0) is 15.2. The molecule has 1 unspecified atom stereocenters. The average Bonchev–Trinajstić information content (AvgIpc) is 2.47. The van der Waals surface area contributed by atoms with E-state index in [1.54, 1.807) is 0 Å². The van der Waals surface area contributed by atoms with Crippen LogP contribution in [-0.2, 0) is 6.42 Å². The fraction of sp³-hybridized carbons (Fsp3) is 0.368. The SMILES string of the molecule is Cc1cccc(CCNC(C)c2ccc(N(C)C)cc2)c1. The summed E-state index contributed by atoms with van der Waals surface area (Å²) in [4.78, 5) is 2.12. The molecule has 2 heteroatoms.